The third kappa shape index (κ3) is 2.96. The molecule has 0 spiro atoms. The second-order valence-electron chi connectivity index (χ2n) is 5.89. The fraction of sp³-hybridized carbons (Fsp3) is 1.00. The molecule has 0 bridgehead atoms. The van der Waals surface area contributed by atoms with Crippen molar-refractivity contribution < 1.29 is 10.2 Å². The van der Waals surface area contributed by atoms with E-state index >= 15 is 0 Å². The Morgan fingerprint density at radius 3 is 2.44 bits per heavy atom. The van der Waals surface area contributed by atoms with Gasteiger partial charge in [0.05, 0.1) is 11.7 Å². The summed E-state index contributed by atoms with van der Waals surface area (Å²) in [5.74, 6) is 0.761. The summed E-state index contributed by atoms with van der Waals surface area (Å²) in [5, 5.41) is 23.4. The highest BCUT2D eigenvalue weighted by atomic mass is 16.3. The Balaban J connectivity index is 1.76. The Morgan fingerprint density at radius 2 is 1.88 bits per heavy atom. The van der Waals surface area contributed by atoms with Crippen LogP contribution in [0.4, 0.5) is 0 Å². The summed E-state index contributed by atoms with van der Waals surface area (Å²) < 4.78 is 0. The van der Waals surface area contributed by atoms with Crippen LogP contribution in [0, 0.1) is 5.92 Å². The van der Waals surface area contributed by atoms with Crippen molar-refractivity contribution in [1.29, 1.82) is 0 Å². The second kappa shape index (κ2) is 5.03. The average Bonchev–Trinajstić information content (AvgIpc) is 2.67. The maximum atomic E-state index is 10.4. The molecule has 2 aliphatic carbocycles. The zero-order valence-electron chi connectivity index (χ0n) is 10.3. The van der Waals surface area contributed by atoms with Crippen molar-refractivity contribution in [3.63, 3.8) is 0 Å². The standard InChI is InChI=1S/C13H25NO2/c1-10-5-7-13(16,8-6-10)9-14-11-3-2-4-12(11)15/h10-12,14-16H,2-9H2,1H3/t10?,11-,12-,13?/m0/s1. The molecule has 2 atom stereocenters. The van der Waals surface area contributed by atoms with E-state index in [1.165, 1.54) is 0 Å². The van der Waals surface area contributed by atoms with Gasteiger partial charge >= 0.3 is 0 Å². The lowest BCUT2D eigenvalue weighted by Gasteiger charge is -2.36. The average molecular weight is 227 g/mol. The van der Waals surface area contributed by atoms with Crippen LogP contribution in [0.25, 0.3) is 0 Å². The molecule has 2 rings (SSSR count). The van der Waals surface area contributed by atoms with Crippen molar-refractivity contribution in [3.05, 3.63) is 0 Å². The number of nitrogens with one attached hydrogen (secondary N) is 1. The predicted octanol–water partition coefficient (Wildman–Crippen LogP) is 1.43. The fourth-order valence-electron chi connectivity index (χ4n) is 2.98. The van der Waals surface area contributed by atoms with E-state index in [1.54, 1.807) is 0 Å². The lowest BCUT2D eigenvalue weighted by atomic mass is 9.79. The van der Waals surface area contributed by atoms with Gasteiger partial charge in [-0.25, -0.2) is 0 Å². The van der Waals surface area contributed by atoms with Crippen molar-refractivity contribution in [3.8, 4) is 0 Å². The Bertz CT molecular complexity index is 224. The summed E-state index contributed by atoms with van der Waals surface area (Å²) in [6, 6.07) is 0.211. The molecule has 2 saturated carbocycles. The lowest BCUT2D eigenvalue weighted by molar-refractivity contribution is -0.0112. The van der Waals surface area contributed by atoms with Crippen LogP contribution in [0.2, 0.25) is 0 Å². The molecular formula is C13H25NO2. The number of rotatable bonds is 3. The largest absolute Gasteiger partial charge is 0.392 e. The van der Waals surface area contributed by atoms with E-state index in [1.807, 2.05) is 0 Å². The lowest BCUT2D eigenvalue weighted by Crippen LogP contribution is -2.48. The molecule has 0 aromatic heterocycles. The SMILES string of the molecule is CC1CCC(O)(CN[C@H]2CCC[C@@H]2O)CC1. The summed E-state index contributed by atoms with van der Waals surface area (Å²) in [4.78, 5) is 0. The van der Waals surface area contributed by atoms with Crippen LogP contribution in [-0.2, 0) is 0 Å². The van der Waals surface area contributed by atoms with Crippen molar-refractivity contribution in [2.45, 2.75) is 69.6 Å². The van der Waals surface area contributed by atoms with Crippen molar-refractivity contribution >= 4 is 0 Å². The van der Waals surface area contributed by atoms with Crippen LogP contribution in [-0.4, -0.2) is 34.5 Å². The summed E-state index contributed by atoms with van der Waals surface area (Å²) >= 11 is 0. The summed E-state index contributed by atoms with van der Waals surface area (Å²) in [7, 11) is 0. The molecule has 0 aromatic carbocycles. The number of hydrogen-bond acceptors (Lipinski definition) is 3. The van der Waals surface area contributed by atoms with Gasteiger partial charge in [0.25, 0.3) is 0 Å². The first-order valence-electron chi connectivity index (χ1n) is 6.73. The van der Waals surface area contributed by atoms with E-state index in [0.29, 0.717) is 6.54 Å². The van der Waals surface area contributed by atoms with Crippen molar-refractivity contribution in [2.24, 2.45) is 5.92 Å². The molecule has 0 amide bonds. The molecule has 0 heterocycles. The highest BCUT2D eigenvalue weighted by molar-refractivity contribution is 4.90. The van der Waals surface area contributed by atoms with Gasteiger partial charge in [-0.15, -0.1) is 0 Å². The zero-order valence-corrected chi connectivity index (χ0v) is 10.3. The van der Waals surface area contributed by atoms with Gasteiger partial charge in [0.1, 0.15) is 0 Å². The van der Waals surface area contributed by atoms with Gasteiger partial charge in [0.2, 0.25) is 0 Å². The number of aliphatic hydroxyl groups excluding tert-OH is 1. The van der Waals surface area contributed by atoms with E-state index in [4.69, 9.17) is 0 Å². The fourth-order valence-corrected chi connectivity index (χ4v) is 2.98. The van der Waals surface area contributed by atoms with Gasteiger partial charge in [-0.05, 0) is 50.9 Å². The monoisotopic (exact) mass is 227 g/mol. The molecule has 0 aliphatic heterocycles. The van der Waals surface area contributed by atoms with Crippen molar-refractivity contribution in [1.82, 2.24) is 5.32 Å². The van der Waals surface area contributed by atoms with Crippen molar-refractivity contribution in [2.75, 3.05) is 6.54 Å². The third-order valence-corrected chi connectivity index (χ3v) is 4.38. The molecule has 16 heavy (non-hydrogen) atoms. The van der Waals surface area contributed by atoms with Gasteiger partial charge < -0.3 is 15.5 Å². The molecule has 0 radical (unpaired) electrons. The predicted molar refractivity (Wildman–Crippen MR) is 64.2 cm³/mol. The third-order valence-electron chi connectivity index (χ3n) is 4.38. The van der Waals surface area contributed by atoms with E-state index in [-0.39, 0.29) is 12.1 Å². The van der Waals surface area contributed by atoms with Crippen LogP contribution in [0.1, 0.15) is 51.9 Å². The van der Waals surface area contributed by atoms with E-state index in [0.717, 1.165) is 50.9 Å². The molecule has 0 unspecified atom stereocenters. The Kier molecular flexibility index (Phi) is 3.88. The highest BCUT2D eigenvalue weighted by Gasteiger charge is 2.33. The van der Waals surface area contributed by atoms with Gasteiger partial charge in [-0.2, -0.15) is 0 Å². The highest BCUT2D eigenvalue weighted by Crippen LogP contribution is 2.31. The van der Waals surface area contributed by atoms with Crippen LogP contribution >= 0.6 is 0 Å². The first-order valence-corrected chi connectivity index (χ1v) is 6.73. The van der Waals surface area contributed by atoms with Gasteiger partial charge in [0.15, 0.2) is 0 Å². The molecular weight excluding hydrogens is 202 g/mol. The molecule has 0 aromatic rings. The quantitative estimate of drug-likeness (QED) is 0.683. The molecule has 3 nitrogen and oxygen atoms in total. The van der Waals surface area contributed by atoms with Crippen LogP contribution in [0.3, 0.4) is 0 Å². The minimum Gasteiger partial charge on any atom is -0.392 e. The minimum atomic E-state index is -0.519. The minimum absolute atomic E-state index is 0.203. The van der Waals surface area contributed by atoms with Crippen LogP contribution in [0.15, 0.2) is 0 Å². The van der Waals surface area contributed by atoms with Gasteiger partial charge in [-0.3, -0.25) is 0 Å². The Labute approximate surface area is 98.2 Å². The number of aliphatic hydroxyl groups is 2. The molecule has 94 valence electrons. The van der Waals surface area contributed by atoms with E-state index in [2.05, 4.69) is 12.2 Å². The van der Waals surface area contributed by atoms with Gasteiger partial charge in [0, 0.05) is 12.6 Å². The smallest absolute Gasteiger partial charge is 0.0771 e. The van der Waals surface area contributed by atoms with Crippen LogP contribution in [0.5, 0.6) is 0 Å². The van der Waals surface area contributed by atoms with E-state index < -0.39 is 5.60 Å². The van der Waals surface area contributed by atoms with Crippen LogP contribution < -0.4 is 5.32 Å². The Morgan fingerprint density at radius 1 is 1.19 bits per heavy atom. The zero-order chi connectivity index (χ0) is 11.6. The number of hydrogen-bond donors (Lipinski definition) is 3. The first kappa shape index (κ1) is 12.3. The molecule has 2 fully saturated rings. The summed E-state index contributed by atoms with van der Waals surface area (Å²) in [6.07, 6.45) is 6.94. The summed E-state index contributed by atoms with van der Waals surface area (Å²) in [5.41, 5.74) is -0.519. The molecule has 0 saturated heterocycles. The molecule has 3 N–H and O–H groups in total. The maximum Gasteiger partial charge on any atom is 0.0771 e. The maximum absolute atomic E-state index is 10.4. The second-order valence-corrected chi connectivity index (χ2v) is 5.89. The first-order chi connectivity index (χ1) is 7.59. The molecule has 3 heteroatoms. The van der Waals surface area contributed by atoms with Gasteiger partial charge in [-0.1, -0.05) is 6.92 Å². The van der Waals surface area contributed by atoms with E-state index in [9.17, 15) is 10.2 Å². The Hall–Kier alpha value is -0.120. The summed E-state index contributed by atoms with van der Waals surface area (Å²) in [6.45, 7) is 2.91. The topological polar surface area (TPSA) is 52.5 Å². The molecule has 2 aliphatic rings. The normalized spacial score (nSPS) is 44.8.